The van der Waals surface area contributed by atoms with Crippen LogP contribution < -0.4 is 20.1 Å². The zero-order chi connectivity index (χ0) is 32.5. The monoisotopic (exact) mass is 632 g/mol. The van der Waals surface area contributed by atoms with Crippen LogP contribution in [0.3, 0.4) is 0 Å². The van der Waals surface area contributed by atoms with Crippen LogP contribution in [0.1, 0.15) is 53.7 Å². The maximum atomic E-state index is 15.2. The molecular weight excluding hydrogens is 596 g/mol. The maximum absolute atomic E-state index is 15.2. The normalized spacial score (nSPS) is 17.7. The number of halogens is 4. The van der Waals surface area contributed by atoms with E-state index in [1.165, 1.54) is 13.2 Å². The van der Waals surface area contributed by atoms with Crippen molar-refractivity contribution in [2.45, 2.75) is 51.1 Å². The highest BCUT2D eigenvalue weighted by Gasteiger charge is 2.38. The molecule has 2 N–H and O–H groups in total. The number of nitrogens with one attached hydrogen (secondary N) is 2. The van der Waals surface area contributed by atoms with Gasteiger partial charge in [-0.2, -0.15) is 18.2 Å². The molecule has 3 aromatic rings. The first-order valence-corrected chi connectivity index (χ1v) is 14.4. The molecule has 0 spiro atoms. The molecule has 2 aliphatic rings. The third-order valence-electron chi connectivity index (χ3n) is 8.38. The Morgan fingerprint density at radius 3 is 2.56 bits per heavy atom. The van der Waals surface area contributed by atoms with Gasteiger partial charge < -0.3 is 29.7 Å². The smallest absolute Gasteiger partial charge is 0.423 e. The Labute approximate surface area is 258 Å². The van der Waals surface area contributed by atoms with E-state index in [9.17, 15) is 18.0 Å². The van der Waals surface area contributed by atoms with Crippen LogP contribution in [0.15, 0.2) is 36.5 Å². The Kier molecular flexibility index (Phi) is 9.19. The van der Waals surface area contributed by atoms with Gasteiger partial charge in [-0.1, -0.05) is 12.1 Å². The van der Waals surface area contributed by atoms with Gasteiger partial charge in [0.15, 0.2) is 0 Å². The Bertz CT molecular complexity index is 1560. The van der Waals surface area contributed by atoms with Gasteiger partial charge in [0.1, 0.15) is 22.9 Å². The lowest BCUT2D eigenvalue weighted by molar-refractivity contribution is -0.139. The van der Waals surface area contributed by atoms with Crippen LogP contribution in [-0.4, -0.2) is 72.7 Å². The number of carbonyl (C=O) groups is 1. The van der Waals surface area contributed by atoms with Crippen molar-refractivity contribution in [1.82, 2.24) is 25.1 Å². The first-order chi connectivity index (χ1) is 21.3. The van der Waals surface area contributed by atoms with E-state index in [0.29, 0.717) is 18.5 Å². The molecule has 0 unspecified atom stereocenters. The number of ether oxygens (including phenoxy) is 3. The number of rotatable bonds is 7. The number of benzene rings is 2. The molecule has 0 radical (unpaired) electrons. The summed E-state index contributed by atoms with van der Waals surface area (Å²) >= 11 is 0. The molecule has 0 saturated carbocycles. The molecule has 1 amide bonds. The van der Waals surface area contributed by atoms with Crippen molar-refractivity contribution in [3.8, 4) is 17.4 Å². The summed E-state index contributed by atoms with van der Waals surface area (Å²) in [5.41, 5.74) is -0.493. The summed E-state index contributed by atoms with van der Waals surface area (Å²) in [6, 6.07) is 7.27. The van der Waals surface area contributed by atoms with Crippen LogP contribution in [0.25, 0.3) is 0 Å². The fourth-order valence-corrected chi connectivity index (χ4v) is 5.37. The molecule has 14 heteroatoms. The van der Waals surface area contributed by atoms with Gasteiger partial charge in [0.05, 0.1) is 31.7 Å². The molecule has 0 bridgehead atoms. The molecule has 3 heterocycles. The number of methoxy groups -OCH3 is 1. The number of nitrogens with zero attached hydrogens (tertiary/aromatic N) is 4. The van der Waals surface area contributed by atoms with Crippen LogP contribution in [0.5, 0.6) is 17.4 Å². The summed E-state index contributed by atoms with van der Waals surface area (Å²) in [6.07, 6.45) is -2.76. The van der Waals surface area contributed by atoms with Crippen LogP contribution >= 0.6 is 0 Å². The highest BCUT2D eigenvalue weighted by molar-refractivity contribution is 5.96. The van der Waals surface area contributed by atoms with E-state index in [1.54, 1.807) is 12.1 Å². The highest BCUT2D eigenvalue weighted by atomic mass is 19.4. The van der Waals surface area contributed by atoms with Crippen LogP contribution in [-0.2, 0) is 23.1 Å². The molecule has 5 rings (SSSR count). The predicted octanol–water partition coefficient (Wildman–Crippen LogP) is 5.66. The van der Waals surface area contributed by atoms with Gasteiger partial charge in [-0.15, -0.1) is 0 Å². The van der Waals surface area contributed by atoms with E-state index >= 15 is 4.39 Å². The number of amides is 1. The fourth-order valence-electron chi connectivity index (χ4n) is 5.37. The number of likely N-dealkylation sites (tertiary alicyclic amines) is 1. The second kappa shape index (κ2) is 12.8. The fraction of sp³-hybridized carbons (Fsp3) is 0.452. The Balaban J connectivity index is 1.44. The van der Waals surface area contributed by atoms with Gasteiger partial charge in [0.2, 0.25) is 11.8 Å². The minimum atomic E-state index is -4.83. The van der Waals surface area contributed by atoms with Gasteiger partial charge in [-0.3, -0.25) is 9.69 Å². The van der Waals surface area contributed by atoms with E-state index in [4.69, 9.17) is 14.2 Å². The summed E-state index contributed by atoms with van der Waals surface area (Å²) in [5, 5.41) is 5.57. The minimum absolute atomic E-state index is 0.00307. The third kappa shape index (κ3) is 6.97. The quantitative estimate of drug-likeness (QED) is 0.320. The van der Waals surface area contributed by atoms with E-state index < -0.39 is 34.9 Å². The molecule has 0 aliphatic carbocycles. The molecular formula is C31H36F4N6O4. The first kappa shape index (κ1) is 32.4. The molecule has 1 saturated heterocycles. The van der Waals surface area contributed by atoms with Crippen molar-refractivity contribution in [3.05, 3.63) is 64.6 Å². The van der Waals surface area contributed by atoms with Gasteiger partial charge in [-0.05, 0) is 71.6 Å². The van der Waals surface area contributed by atoms with Gasteiger partial charge in [-0.25, -0.2) is 9.37 Å². The SMILES string of the molecule is COc1cc(C(=O)NC2CCN(C)CC2)c(F)cc1Nc1ncc(C(F)(F)F)c(Oc2cccc3c2COCN(C)C3(C)C)n1. The van der Waals surface area contributed by atoms with E-state index in [1.807, 2.05) is 38.9 Å². The Hall–Kier alpha value is -4.01. The summed E-state index contributed by atoms with van der Waals surface area (Å²) < 4.78 is 74.3. The lowest BCUT2D eigenvalue weighted by atomic mass is 9.89. The average molecular weight is 633 g/mol. The number of anilines is 2. The highest BCUT2D eigenvalue weighted by Crippen LogP contribution is 2.42. The number of fused-ring (bicyclic) bond motifs is 1. The van der Waals surface area contributed by atoms with Crippen molar-refractivity contribution in [1.29, 1.82) is 0 Å². The second-order valence-corrected chi connectivity index (χ2v) is 11.7. The Morgan fingerprint density at radius 2 is 1.87 bits per heavy atom. The average Bonchev–Trinajstić information content (AvgIpc) is 3.09. The van der Waals surface area contributed by atoms with Crippen molar-refractivity contribution in [2.24, 2.45) is 0 Å². The first-order valence-electron chi connectivity index (χ1n) is 14.4. The largest absolute Gasteiger partial charge is 0.495 e. The van der Waals surface area contributed by atoms with E-state index in [-0.39, 0.29) is 41.3 Å². The molecule has 2 aliphatic heterocycles. The number of piperidine rings is 1. The summed E-state index contributed by atoms with van der Waals surface area (Å²) in [5.74, 6) is -2.29. The van der Waals surface area contributed by atoms with Crippen molar-refractivity contribution in [3.63, 3.8) is 0 Å². The second-order valence-electron chi connectivity index (χ2n) is 11.7. The molecule has 2 aromatic carbocycles. The minimum Gasteiger partial charge on any atom is -0.495 e. The number of carbonyl (C=O) groups excluding carboxylic acids is 1. The lowest BCUT2D eigenvalue weighted by Crippen LogP contribution is -2.43. The number of hydrogen-bond donors (Lipinski definition) is 2. The predicted molar refractivity (Wildman–Crippen MR) is 158 cm³/mol. The zero-order valence-corrected chi connectivity index (χ0v) is 25.7. The number of aromatic nitrogens is 2. The molecule has 45 heavy (non-hydrogen) atoms. The molecule has 242 valence electrons. The van der Waals surface area contributed by atoms with E-state index in [2.05, 4.69) is 25.5 Å². The molecule has 1 aromatic heterocycles. The van der Waals surface area contributed by atoms with E-state index in [0.717, 1.165) is 37.6 Å². The summed E-state index contributed by atoms with van der Waals surface area (Å²) in [7, 11) is 5.20. The van der Waals surface area contributed by atoms with Crippen LogP contribution in [0.2, 0.25) is 0 Å². The number of hydrogen-bond acceptors (Lipinski definition) is 9. The summed E-state index contributed by atoms with van der Waals surface area (Å²) in [4.78, 5) is 24.8. The molecule has 1 fully saturated rings. The van der Waals surface area contributed by atoms with Crippen LogP contribution in [0.4, 0.5) is 29.2 Å². The zero-order valence-electron chi connectivity index (χ0n) is 25.7. The van der Waals surface area contributed by atoms with Crippen molar-refractivity contribution >= 4 is 17.5 Å². The molecule has 10 nitrogen and oxygen atoms in total. The van der Waals surface area contributed by atoms with Crippen molar-refractivity contribution in [2.75, 3.05) is 46.3 Å². The number of alkyl halides is 3. The Morgan fingerprint density at radius 1 is 1.13 bits per heavy atom. The third-order valence-corrected chi connectivity index (χ3v) is 8.38. The lowest BCUT2D eigenvalue weighted by Gasteiger charge is -2.34. The molecule has 0 atom stereocenters. The topological polar surface area (TPSA) is 101 Å². The van der Waals surface area contributed by atoms with Gasteiger partial charge in [0, 0.05) is 29.4 Å². The van der Waals surface area contributed by atoms with Crippen LogP contribution in [0, 0.1) is 5.82 Å². The maximum Gasteiger partial charge on any atom is 0.423 e. The van der Waals surface area contributed by atoms with Crippen molar-refractivity contribution < 1.29 is 36.6 Å². The standard InChI is InChI=1S/C31H36F4N6O4/c1-30(2)21-7-6-8-25(20(21)16-44-17-41(30)4)45-28-22(31(33,34)35)15-36-29(39-28)38-24-14-23(32)19(13-26(24)43-5)27(42)37-18-9-11-40(3)12-10-18/h6-8,13-15,18H,9-12,16-17H2,1-5H3,(H,37,42)(H,36,38,39). The summed E-state index contributed by atoms with van der Waals surface area (Å²) in [6.45, 7) is 6.02. The van der Waals surface area contributed by atoms with Gasteiger partial charge >= 0.3 is 6.18 Å². The van der Waals surface area contributed by atoms with Gasteiger partial charge in [0.25, 0.3) is 5.91 Å².